The van der Waals surface area contributed by atoms with Crippen molar-refractivity contribution in [2.75, 3.05) is 10.5 Å². The molecule has 0 amide bonds. The first-order valence-electron chi connectivity index (χ1n) is 5.79. The quantitative estimate of drug-likeness (QED) is 0.745. The standard InChI is InChI=1S/C12H17NO4S/c1-2-3-6-9-18(16,17)13-11-8-5-4-7-10(11)12(14)15/h4-5,7-8,13H,2-3,6,9H2,1H3,(H,14,15). The lowest BCUT2D eigenvalue weighted by Gasteiger charge is -2.09. The lowest BCUT2D eigenvalue weighted by molar-refractivity contribution is 0.0698. The molecular formula is C12H17NO4S. The van der Waals surface area contributed by atoms with Crippen molar-refractivity contribution < 1.29 is 18.3 Å². The molecule has 0 fully saturated rings. The van der Waals surface area contributed by atoms with Crippen molar-refractivity contribution in [2.45, 2.75) is 26.2 Å². The zero-order valence-electron chi connectivity index (χ0n) is 10.2. The zero-order valence-corrected chi connectivity index (χ0v) is 11.0. The van der Waals surface area contributed by atoms with Crippen molar-refractivity contribution in [3.63, 3.8) is 0 Å². The Kier molecular flexibility index (Phi) is 5.15. The van der Waals surface area contributed by atoms with Crippen LogP contribution in [0.5, 0.6) is 0 Å². The Morgan fingerprint density at radius 2 is 1.94 bits per heavy atom. The minimum atomic E-state index is -3.48. The number of benzene rings is 1. The van der Waals surface area contributed by atoms with Gasteiger partial charge >= 0.3 is 5.97 Å². The number of anilines is 1. The van der Waals surface area contributed by atoms with E-state index < -0.39 is 16.0 Å². The summed E-state index contributed by atoms with van der Waals surface area (Å²) in [7, 11) is -3.48. The number of aromatic carboxylic acids is 1. The molecule has 0 saturated heterocycles. The van der Waals surface area contributed by atoms with E-state index in [2.05, 4.69) is 4.72 Å². The number of nitrogens with one attached hydrogen (secondary N) is 1. The number of para-hydroxylation sites is 1. The van der Waals surface area contributed by atoms with Crippen LogP contribution in [0.3, 0.4) is 0 Å². The van der Waals surface area contributed by atoms with Crippen molar-refractivity contribution >= 4 is 21.7 Å². The highest BCUT2D eigenvalue weighted by molar-refractivity contribution is 7.92. The van der Waals surface area contributed by atoms with E-state index in [9.17, 15) is 13.2 Å². The Hall–Kier alpha value is -1.56. The molecule has 5 nitrogen and oxygen atoms in total. The number of hydrogen-bond donors (Lipinski definition) is 2. The summed E-state index contributed by atoms with van der Waals surface area (Å²) in [4.78, 5) is 10.9. The van der Waals surface area contributed by atoms with Gasteiger partial charge in [0.2, 0.25) is 10.0 Å². The molecular weight excluding hydrogens is 254 g/mol. The van der Waals surface area contributed by atoms with E-state index in [1.165, 1.54) is 12.1 Å². The van der Waals surface area contributed by atoms with Gasteiger partial charge in [-0.3, -0.25) is 4.72 Å². The predicted molar refractivity (Wildman–Crippen MR) is 70.3 cm³/mol. The summed E-state index contributed by atoms with van der Waals surface area (Å²) in [6.45, 7) is 1.99. The number of unbranched alkanes of at least 4 members (excludes halogenated alkanes) is 2. The molecule has 0 radical (unpaired) electrons. The Morgan fingerprint density at radius 3 is 2.56 bits per heavy atom. The Balaban J connectivity index is 2.81. The summed E-state index contributed by atoms with van der Waals surface area (Å²) < 4.78 is 25.8. The number of carbonyl (C=O) groups is 1. The lowest BCUT2D eigenvalue weighted by Crippen LogP contribution is -2.18. The SMILES string of the molecule is CCCCCS(=O)(=O)Nc1ccccc1C(=O)O. The Morgan fingerprint density at radius 1 is 1.28 bits per heavy atom. The van der Waals surface area contributed by atoms with Crippen LogP contribution in [0.4, 0.5) is 5.69 Å². The van der Waals surface area contributed by atoms with Crippen LogP contribution in [0.25, 0.3) is 0 Å². The monoisotopic (exact) mass is 271 g/mol. The number of hydrogen-bond acceptors (Lipinski definition) is 3. The van der Waals surface area contributed by atoms with Crippen LogP contribution in [0.2, 0.25) is 0 Å². The van der Waals surface area contributed by atoms with Crippen molar-refractivity contribution in [3.05, 3.63) is 29.8 Å². The topological polar surface area (TPSA) is 83.5 Å². The smallest absolute Gasteiger partial charge is 0.337 e. The molecule has 0 aliphatic carbocycles. The Labute approximate surface area is 107 Å². The third-order valence-electron chi connectivity index (χ3n) is 2.44. The van der Waals surface area contributed by atoms with Gasteiger partial charge in [0.05, 0.1) is 17.0 Å². The molecule has 0 spiro atoms. The van der Waals surface area contributed by atoms with Crippen molar-refractivity contribution in [2.24, 2.45) is 0 Å². The summed E-state index contributed by atoms with van der Waals surface area (Å²) >= 11 is 0. The third kappa shape index (κ3) is 4.37. The average Bonchev–Trinajstić information content (AvgIpc) is 2.29. The van der Waals surface area contributed by atoms with Crippen LogP contribution in [0, 0.1) is 0 Å². The van der Waals surface area contributed by atoms with Gasteiger partial charge in [-0.05, 0) is 18.6 Å². The average molecular weight is 271 g/mol. The first-order chi connectivity index (χ1) is 8.46. The molecule has 18 heavy (non-hydrogen) atoms. The van der Waals surface area contributed by atoms with Gasteiger partial charge in [-0.25, -0.2) is 13.2 Å². The molecule has 6 heteroatoms. The largest absolute Gasteiger partial charge is 0.478 e. The molecule has 0 atom stereocenters. The van der Waals surface area contributed by atoms with Gasteiger partial charge in [0, 0.05) is 0 Å². The van der Waals surface area contributed by atoms with Gasteiger partial charge < -0.3 is 5.11 Å². The second kappa shape index (κ2) is 6.39. The third-order valence-corrected chi connectivity index (χ3v) is 3.80. The molecule has 0 aromatic heterocycles. The molecule has 1 aromatic rings. The van der Waals surface area contributed by atoms with E-state index in [4.69, 9.17) is 5.11 Å². The summed E-state index contributed by atoms with van der Waals surface area (Å²) in [5, 5.41) is 8.94. The maximum atomic E-state index is 11.7. The fourth-order valence-corrected chi connectivity index (χ4v) is 2.72. The van der Waals surface area contributed by atoms with Gasteiger partial charge in [-0.15, -0.1) is 0 Å². The summed E-state index contributed by atoms with van der Waals surface area (Å²) in [5.74, 6) is -1.14. The van der Waals surface area contributed by atoms with Crippen LogP contribution >= 0.6 is 0 Å². The van der Waals surface area contributed by atoms with Crippen LogP contribution in [0.15, 0.2) is 24.3 Å². The van der Waals surface area contributed by atoms with E-state index in [-0.39, 0.29) is 17.0 Å². The maximum Gasteiger partial charge on any atom is 0.337 e. The molecule has 1 aromatic carbocycles. The number of carboxylic acids is 1. The van der Waals surface area contributed by atoms with Gasteiger partial charge in [0.15, 0.2) is 0 Å². The van der Waals surface area contributed by atoms with E-state index in [1.54, 1.807) is 12.1 Å². The highest BCUT2D eigenvalue weighted by Gasteiger charge is 2.15. The minimum Gasteiger partial charge on any atom is -0.478 e. The molecule has 0 aliphatic rings. The Bertz CT molecular complexity index is 511. The van der Waals surface area contributed by atoms with E-state index >= 15 is 0 Å². The van der Waals surface area contributed by atoms with Crippen LogP contribution in [0.1, 0.15) is 36.5 Å². The highest BCUT2D eigenvalue weighted by atomic mass is 32.2. The van der Waals surface area contributed by atoms with Crippen LogP contribution in [-0.2, 0) is 10.0 Å². The molecule has 0 heterocycles. The summed E-state index contributed by atoms with van der Waals surface area (Å²) in [6, 6.07) is 5.96. The molecule has 0 bridgehead atoms. The second-order valence-corrected chi connectivity index (χ2v) is 5.82. The molecule has 100 valence electrons. The predicted octanol–water partition coefficient (Wildman–Crippen LogP) is 2.32. The highest BCUT2D eigenvalue weighted by Crippen LogP contribution is 2.17. The molecule has 1 rings (SSSR count). The molecule has 0 aliphatic heterocycles. The summed E-state index contributed by atoms with van der Waals surface area (Å²) in [6.07, 6.45) is 2.34. The van der Waals surface area contributed by atoms with E-state index in [0.29, 0.717) is 6.42 Å². The van der Waals surface area contributed by atoms with E-state index in [1.807, 2.05) is 6.92 Å². The molecule has 0 unspecified atom stereocenters. The number of rotatable bonds is 7. The fraction of sp³-hybridized carbons (Fsp3) is 0.417. The van der Waals surface area contributed by atoms with Crippen LogP contribution in [-0.4, -0.2) is 25.2 Å². The normalized spacial score (nSPS) is 11.2. The number of carboxylic acid groups (broad SMARTS) is 1. The fourth-order valence-electron chi connectivity index (χ4n) is 1.52. The molecule has 2 N–H and O–H groups in total. The van der Waals surface area contributed by atoms with Crippen molar-refractivity contribution in [1.29, 1.82) is 0 Å². The van der Waals surface area contributed by atoms with Crippen molar-refractivity contribution in [1.82, 2.24) is 0 Å². The van der Waals surface area contributed by atoms with Gasteiger partial charge in [-0.2, -0.15) is 0 Å². The van der Waals surface area contributed by atoms with Gasteiger partial charge in [-0.1, -0.05) is 31.9 Å². The second-order valence-electron chi connectivity index (χ2n) is 3.98. The van der Waals surface area contributed by atoms with Gasteiger partial charge in [0.1, 0.15) is 0 Å². The van der Waals surface area contributed by atoms with Crippen molar-refractivity contribution in [3.8, 4) is 0 Å². The summed E-state index contributed by atoms with van der Waals surface area (Å²) in [5.41, 5.74) is 0.0677. The number of sulfonamides is 1. The molecule has 0 saturated carbocycles. The first kappa shape index (κ1) is 14.5. The first-order valence-corrected chi connectivity index (χ1v) is 7.44. The zero-order chi connectivity index (χ0) is 13.6. The van der Waals surface area contributed by atoms with E-state index in [0.717, 1.165) is 12.8 Å². The lowest BCUT2D eigenvalue weighted by atomic mass is 10.2. The van der Waals surface area contributed by atoms with Gasteiger partial charge in [0.25, 0.3) is 0 Å². The minimum absolute atomic E-state index is 0.00872. The van der Waals surface area contributed by atoms with Crippen LogP contribution < -0.4 is 4.72 Å². The maximum absolute atomic E-state index is 11.7.